The number of carbonyl (C=O) groups excluding carboxylic acids is 4. The standard InChI is InChI=1S/C25H29N3O6/c1-14(2)20-12-33-24(31)18-9-6-10-19(26-18)25(32)34-13-21(15(3)4)28-23(30)17-8-5-7-16(11-17)22(29)27-20/h5-11,14-15,20-21H,12-13H2,1-4H3,(H,27,29)(H,28,30). The van der Waals surface area contributed by atoms with Crippen molar-refractivity contribution in [3.05, 3.63) is 65.0 Å². The van der Waals surface area contributed by atoms with Gasteiger partial charge in [0.05, 0.1) is 12.1 Å². The molecular formula is C25H29N3O6. The minimum absolute atomic E-state index is 0.0464. The fraction of sp³-hybridized carbons (Fsp3) is 0.400. The second-order valence-electron chi connectivity index (χ2n) is 8.83. The molecule has 0 radical (unpaired) electrons. The molecule has 2 N–H and O–H groups in total. The highest BCUT2D eigenvalue weighted by atomic mass is 16.5. The Morgan fingerprint density at radius 3 is 1.56 bits per heavy atom. The Morgan fingerprint density at radius 2 is 1.15 bits per heavy atom. The maximum Gasteiger partial charge on any atom is 0.357 e. The van der Waals surface area contributed by atoms with Crippen LogP contribution in [0.15, 0.2) is 42.5 Å². The lowest BCUT2D eigenvalue weighted by atomic mass is 10.0. The van der Waals surface area contributed by atoms with Crippen LogP contribution in [0.2, 0.25) is 0 Å². The number of hydrogen-bond acceptors (Lipinski definition) is 7. The van der Waals surface area contributed by atoms with Crippen molar-refractivity contribution in [2.45, 2.75) is 39.8 Å². The lowest BCUT2D eigenvalue weighted by molar-refractivity contribution is 0.0413. The maximum atomic E-state index is 12.9. The van der Waals surface area contributed by atoms with Gasteiger partial charge in [-0.05, 0) is 42.2 Å². The third kappa shape index (κ3) is 6.18. The van der Waals surface area contributed by atoms with Crippen LogP contribution < -0.4 is 10.6 Å². The first-order chi connectivity index (χ1) is 16.2. The van der Waals surface area contributed by atoms with Gasteiger partial charge in [-0.1, -0.05) is 39.8 Å². The van der Waals surface area contributed by atoms with Crippen LogP contribution in [-0.4, -0.2) is 54.0 Å². The SMILES string of the molecule is CC(C)C1COC(=O)c2cccc(n2)C(=O)OCC(C(C)C)NC(=O)c2cccc(c2)C(=O)N1. The number of aromatic nitrogens is 1. The van der Waals surface area contributed by atoms with Gasteiger partial charge in [-0.3, -0.25) is 9.59 Å². The highest BCUT2D eigenvalue weighted by Gasteiger charge is 2.24. The second-order valence-corrected chi connectivity index (χ2v) is 8.83. The molecular weight excluding hydrogens is 438 g/mol. The third-order valence-corrected chi connectivity index (χ3v) is 5.58. The molecule has 2 unspecified atom stereocenters. The van der Waals surface area contributed by atoms with E-state index in [1.165, 1.54) is 24.3 Å². The van der Waals surface area contributed by atoms with E-state index in [2.05, 4.69) is 15.6 Å². The molecule has 2 heterocycles. The molecule has 0 saturated heterocycles. The van der Waals surface area contributed by atoms with Gasteiger partial charge in [-0.2, -0.15) is 0 Å². The Kier molecular flexibility index (Phi) is 7.99. The van der Waals surface area contributed by atoms with Crippen LogP contribution in [0.5, 0.6) is 0 Å². The zero-order valence-corrected chi connectivity index (χ0v) is 19.7. The molecule has 0 fully saturated rings. The van der Waals surface area contributed by atoms with E-state index in [0.717, 1.165) is 0 Å². The van der Waals surface area contributed by atoms with Crippen molar-refractivity contribution in [2.75, 3.05) is 13.2 Å². The third-order valence-electron chi connectivity index (χ3n) is 5.58. The first-order valence-electron chi connectivity index (χ1n) is 11.2. The van der Waals surface area contributed by atoms with Crippen molar-refractivity contribution in [2.24, 2.45) is 11.8 Å². The summed E-state index contributed by atoms with van der Waals surface area (Å²) in [6, 6.07) is 9.73. The van der Waals surface area contributed by atoms with E-state index >= 15 is 0 Å². The average Bonchev–Trinajstić information content (AvgIpc) is 2.82. The fourth-order valence-electron chi connectivity index (χ4n) is 3.25. The molecule has 0 aliphatic carbocycles. The van der Waals surface area contributed by atoms with Crippen molar-refractivity contribution in [3.63, 3.8) is 0 Å². The van der Waals surface area contributed by atoms with Crippen molar-refractivity contribution in [3.8, 4) is 0 Å². The summed E-state index contributed by atoms with van der Waals surface area (Å²) in [4.78, 5) is 54.9. The van der Waals surface area contributed by atoms with Crippen molar-refractivity contribution >= 4 is 23.8 Å². The van der Waals surface area contributed by atoms with Gasteiger partial charge in [0.1, 0.15) is 24.6 Å². The van der Waals surface area contributed by atoms with Gasteiger partial charge in [0, 0.05) is 11.1 Å². The first-order valence-corrected chi connectivity index (χ1v) is 11.2. The number of nitrogens with zero attached hydrogens (tertiary/aromatic N) is 1. The predicted octanol–water partition coefficient (Wildman–Crippen LogP) is 2.62. The minimum Gasteiger partial charge on any atom is -0.459 e. The van der Waals surface area contributed by atoms with Crippen LogP contribution in [0.25, 0.3) is 0 Å². The zero-order valence-electron chi connectivity index (χ0n) is 19.7. The van der Waals surface area contributed by atoms with Gasteiger partial charge >= 0.3 is 11.9 Å². The Balaban J connectivity index is 1.95. The molecule has 1 aliphatic heterocycles. The predicted molar refractivity (Wildman–Crippen MR) is 123 cm³/mol. The number of nitrogens with one attached hydrogen (secondary N) is 2. The summed E-state index contributed by atoms with van der Waals surface area (Å²) in [5, 5.41) is 5.73. The lowest BCUT2D eigenvalue weighted by Gasteiger charge is -2.23. The molecule has 34 heavy (non-hydrogen) atoms. The van der Waals surface area contributed by atoms with E-state index in [4.69, 9.17) is 9.47 Å². The molecule has 2 amide bonds. The van der Waals surface area contributed by atoms with Crippen LogP contribution in [0, 0.1) is 11.8 Å². The molecule has 0 spiro atoms. The molecule has 2 aromatic rings. The number of carbonyl (C=O) groups is 4. The van der Waals surface area contributed by atoms with E-state index in [-0.39, 0.29) is 48.3 Å². The number of rotatable bonds is 2. The van der Waals surface area contributed by atoms with Gasteiger partial charge in [-0.25, -0.2) is 14.6 Å². The Labute approximate surface area is 198 Å². The molecule has 4 bridgehead atoms. The maximum absolute atomic E-state index is 12.9. The summed E-state index contributed by atoms with van der Waals surface area (Å²) >= 11 is 0. The summed E-state index contributed by atoms with van der Waals surface area (Å²) in [7, 11) is 0. The number of cyclic esters (lactones) is 2. The molecule has 9 heteroatoms. The Hall–Kier alpha value is -3.75. The molecule has 1 aliphatic rings. The van der Waals surface area contributed by atoms with Crippen molar-refractivity contribution in [1.29, 1.82) is 0 Å². The molecule has 3 rings (SSSR count). The second kappa shape index (κ2) is 10.9. The zero-order chi connectivity index (χ0) is 24.8. The van der Waals surface area contributed by atoms with Crippen LogP contribution in [0.1, 0.15) is 69.4 Å². The summed E-state index contributed by atoms with van der Waals surface area (Å²) in [6.07, 6.45) is 0. The van der Waals surface area contributed by atoms with Gasteiger partial charge in [0.15, 0.2) is 0 Å². The lowest BCUT2D eigenvalue weighted by Crippen LogP contribution is -2.43. The fourth-order valence-corrected chi connectivity index (χ4v) is 3.25. The summed E-state index contributed by atoms with van der Waals surface area (Å²) in [6.45, 7) is 7.36. The highest BCUT2D eigenvalue weighted by Crippen LogP contribution is 2.12. The molecule has 0 saturated carbocycles. The van der Waals surface area contributed by atoms with Gasteiger partial charge in [0.25, 0.3) is 11.8 Å². The van der Waals surface area contributed by atoms with Crippen LogP contribution in [0.4, 0.5) is 0 Å². The summed E-state index contributed by atoms with van der Waals surface area (Å²) in [5.74, 6) is -2.31. The minimum atomic E-state index is -0.718. The van der Waals surface area contributed by atoms with Gasteiger partial charge in [0.2, 0.25) is 0 Å². The number of benzene rings is 1. The van der Waals surface area contributed by atoms with Crippen molar-refractivity contribution < 1.29 is 28.7 Å². The van der Waals surface area contributed by atoms with Crippen molar-refractivity contribution in [1.82, 2.24) is 15.6 Å². The number of amides is 2. The van der Waals surface area contributed by atoms with Gasteiger partial charge < -0.3 is 20.1 Å². The van der Waals surface area contributed by atoms with E-state index in [0.29, 0.717) is 11.1 Å². The summed E-state index contributed by atoms with van der Waals surface area (Å²) < 4.78 is 10.7. The Morgan fingerprint density at radius 1 is 0.735 bits per heavy atom. The van der Waals surface area contributed by atoms with E-state index in [1.54, 1.807) is 18.2 Å². The number of ether oxygens (including phenoxy) is 2. The van der Waals surface area contributed by atoms with E-state index in [9.17, 15) is 19.2 Å². The normalized spacial score (nSPS) is 20.1. The monoisotopic (exact) mass is 467 g/mol. The highest BCUT2D eigenvalue weighted by molar-refractivity contribution is 6.00. The average molecular weight is 468 g/mol. The van der Waals surface area contributed by atoms with Crippen LogP contribution >= 0.6 is 0 Å². The number of fused-ring (bicyclic) bond motifs is 4. The molecule has 9 nitrogen and oxygen atoms in total. The van der Waals surface area contributed by atoms with Crippen LogP contribution in [-0.2, 0) is 9.47 Å². The number of pyridine rings is 1. The number of hydrogen-bond donors (Lipinski definition) is 2. The largest absolute Gasteiger partial charge is 0.459 e. The van der Waals surface area contributed by atoms with Crippen LogP contribution in [0.3, 0.4) is 0 Å². The summed E-state index contributed by atoms with van der Waals surface area (Å²) in [5.41, 5.74) is 0.497. The molecule has 180 valence electrons. The van der Waals surface area contributed by atoms with E-state index < -0.39 is 24.0 Å². The first kappa shape index (κ1) is 24.9. The Bertz CT molecular complexity index is 1010. The molecule has 1 aromatic carbocycles. The van der Waals surface area contributed by atoms with Gasteiger partial charge in [-0.15, -0.1) is 0 Å². The smallest absolute Gasteiger partial charge is 0.357 e. The molecule has 2 atom stereocenters. The van der Waals surface area contributed by atoms with E-state index in [1.807, 2.05) is 27.7 Å². The topological polar surface area (TPSA) is 124 Å². The quantitative estimate of drug-likeness (QED) is 0.651. The molecule has 1 aromatic heterocycles. The number of esters is 2.